The Morgan fingerprint density at radius 3 is 2.80 bits per heavy atom. The number of hydrogen-bond donors (Lipinski definition) is 1. The maximum atomic E-state index is 5.55. The van der Waals surface area contributed by atoms with E-state index < -0.39 is 0 Å². The molecule has 0 bridgehead atoms. The molecular formula is C11H19N3O. The van der Waals surface area contributed by atoms with Gasteiger partial charge in [0, 0.05) is 19.4 Å². The van der Waals surface area contributed by atoms with Crippen molar-refractivity contribution in [1.82, 2.24) is 15.5 Å². The second-order valence-electron chi connectivity index (χ2n) is 4.24. The van der Waals surface area contributed by atoms with Crippen LogP contribution < -0.4 is 5.32 Å². The van der Waals surface area contributed by atoms with Gasteiger partial charge in [-0.15, -0.1) is 10.2 Å². The molecule has 0 radical (unpaired) electrons. The largest absolute Gasteiger partial charge is 0.425 e. The van der Waals surface area contributed by atoms with Crippen molar-refractivity contribution < 1.29 is 4.42 Å². The molecule has 1 fully saturated rings. The molecule has 0 saturated heterocycles. The molecule has 1 aliphatic rings. The standard InChI is InChI=1S/C11H19N3O/c1-2-6-12-7-5-10-13-14-11(15-10)8-9-3-4-9/h9,12H,2-8H2,1H3. The van der Waals surface area contributed by atoms with Crippen LogP contribution in [0.4, 0.5) is 0 Å². The zero-order valence-corrected chi connectivity index (χ0v) is 9.33. The van der Waals surface area contributed by atoms with Gasteiger partial charge in [-0.25, -0.2) is 0 Å². The summed E-state index contributed by atoms with van der Waals surface area (Å²) < 4.78 is 5.55. The first-order valence-electron chi connectivity index (χ1n) is 5.90. The predicted molar refractivity (Wildman–Crippen MR) is 57.6 cm³/mol. The molecule has 1 N–H and O–H groups in total. The number of hydrogen-bond acceptors (Lipinski definition) is 4. The molecule has 1 aliphatic carbocycles. The quantitative estimate of drug-likeness (QED) is 0.692. The van der Waals surface area contributed by atoms with Crippen molar-refractivity contribution in [2.75, 3.05) is 13.1 Å². The first-order valence-corrected chi connectivity index (χ1v) is 5.90. The van der Waals surface area contributed by atoms with Gasteiger partial charge in [0.2, 0.25) is 11.8 Å². The van der Waals surface area contributed by atoms with Gasteiger partial charge in [-0.05, 0) is 31.7 Å². The maximum absolute atomic E-state index is 5.55. The smallest absolute Gasteiger partial charge is 0.217 e. The zero-order valence-electron chi connectivity index (χ0n) is 9.33. The van der Waals surface area contributed by atoms with E-state index in [1.807, 2.05) is 0 Å². The monoisotopic (exact) mass is 209 g/mol. The van der Waals surface area contributed by atoms with E-state index in [1.54, 1.807) is 0 Å². The lowest BCUT2D eigenvalue weighted by Crippen LogP contribution is -2.17. The molecule has 4 heteroatoms. The molecule has 0 aliphatic heterocycles. The lowest BCUT2D eigenvalue weighted by molar-refractivity contribution is 0.436. The molecule has 0 aromatic carbocycles. The Bertz CT molecular complexity index is 294. The van der Waals surface area contributed by atoms with Crippen LogP contribution in [-0.4, -0.2) is 23.3 Å². The van der Waals surface area contributed by atoms with Crippen LogP contribution in [0, 0.1) is 5.92 Å². The SMILES string of the molecule is CCCNCCc1nnc(CC2CC2)o1. The van der Waals surface area contributed by atoms with Crippen LogP contribution in [-0.2, 0) is 12.8 Å². The van der Waals surface area contributed by atoms with Crippen molar-refractivity contribution in [3.63, 3.8) is 0 Å². The highest BCUT2D eigenvalue weighted by Crippen LogP contribution is 2.32. The molecule has 1 aromatic heterocycles. The molecule has 84 valence electrons. The topological polar surface area (TPSA) is 51.0 Å². The van der Waals surface area contributed by atoms with Crippen LogP contribution in [0.15, 0.2) is 4.42 Å². The van der Waals surface area contributed by atoms with Crippen molar-refractivity contribution in [3.8, 4) is 0 Å². The number of aromatic nitrogens is 2. The summed E-state index contributed by atoms with van der Waals surface area (Å²) in [5, 5.41) is 11.4. The summed E-state index contributed by atoms with van der Waals surface area (Å²) in [4.78, 5) is 0. The first-order chi connectivity index (χ1) is 7.38. The molecule has 0 atom stereocenters. The van der Waals surface area contributed by atoms with Crippen molar-refractivity contribution >= 4 is 0 Å². The van der Waals surface area contributed by atoms with E-state index in [9.17, 15) is 0 Å². The zero-order chi connectivity index (χ0) is 10.5. The predicted octanol–water partition coefficient (Wildman–Crippen LogP) is 1.56. The van der Waals surface area contributed by atoms with Gasteiger partial charge in [0.05, 0.1) is 0 Å². The van der Waals surface area contributed by atoms with Crippen LogP contribution in [0.3, 0.4) is 0 Å². The Labute approximate surface area is 90.5 Å². The van der Waals surface area contributed by atoms with Crippen molar-refractivity contribution in [2.45, 2.75) is 39.0 Å². The lowest BCUT2D eigenvalue weighted by atomic mass is 10.3. The van der Waals surface area contributed by atoms with E-state index in [0.29, 0.717) is 0 Å². The fourth-order valence-corrected chi connectivity index (χ4v) is 1.54. The first kappa shape index (κ1) is 10.6. The molecule has 0 spiro atoms. The van der Waals surface area contributed by atoms with E-state index in [-0.39, 0.29) is 0 Å². The van der Waals surface area contributed by atoms with E-state index >= 15 is 0 Å². The van der Waals surface area contributed by atoms with Crippen LogP contribution in [0.25, 0.3) is 0 Å². The van der Waals surface area contributed by atoms with Gasteiger partial charge in [0.1, 0.15) is 0 Å². The highest BCUT2D eigenvalue weighted by molar-refractivity contribution is 4.88. The van der Waals surface area contributed by atoms with Gasteiger partial charge in [-0.1, -0.05) is 6.92 Å². The van der Waals surface area contributed by atoms with Crippen molar-refractivity contribution in [3.05, 3.63) is 11.8 Å². The van der Waals surface area contributed by atoms with Gasteiger partial charge in [0.15, 0.2) is 0 Å². The number of nitrogens with one attached hydrogen (secondary N) is 1. The summed E-state index contributed by atoms with van der Waals surface area (Å²) in [6, 6.07) is 0. The Kier molecular flexibility index (Phi) is 3.72. The molecule has 1 aromatic rings. The summed E-state index contributed by atoms with van der Waals surface area (Å²) in [6.45, 7) is 4.15. The Hall–Kier alpha value is -0.900. The third-order valence-corrected chi connectivity index (χ3v) is 2.61. The molecule has 2 rings (SSSR count). The summed E-state index contributed by atoms with van der Waals surface area (Å²) in [5.41, 5.74) is 0. The molecule has 15 heavy (non-hydrogen) atoms. The number of nitrogens with zero attached hydrogens (tertiary/aromatic N) is 2. The second kappa shape index (κ2) is 5.26. The minimum atomic E-state index is 0.772. The summed E-state index contributed by atoms with van der Waals surface area (Å²) in [6.07, 6.45) is 5.65. The minimum Gasteiger partial charge on any atom is -0.425 e. The fraction of sp³-hybridized carbons (Fsp3) is 0.818. The van der Waals surface area contributed by atoms with Gasteiger partial charge in [-0.2, -0.15) is 0 Å². The van der Waals surface area contributed by atoms with E-state index in [0.717, 1.165) is 50.1 Å². The lowest BCUT2D eigenvalue weighted by Gasteiger charge is -1.98. The molecule has 0 unspecified atom stereocenters. The average molecular weight is 209 g/mol. The highest BCUT2D eigenvalue weighted by atomic mass is 16.4. The molecule has 0 amide bonds. The van der Waals surface area contributed by atoms with Gasteiger partial charge < -0.3 is 9.73 Å². The van der Waals surface area contributed by atoms with Crippen molar-refractivity contribution in [2.24, 2.45) is 5.92 Å². The Balaban J connectivity index is 1.69. The fourth-order valence-electron chi connectivity index (χ4n) is 1.54. The van der Waals surface area contributed by atoms with Gasteiger partial charge in [-0.3, -0.25) is 0 Å². The van der Waals surface area contributed by atoms with E-state index in [4.69, 9.17) is 4.42 Å². The summed E-state index contributed by atoms with van der Waals surface area (Å²) >= 11 is 0. The van der Waals surface area contributed by atoms with E-state index in [1.165, 1.54) is 12.8 Å². The number of rotatable bonds is 7. The minimum absolute atomic E-state index is 0.772. The van der Waals surface area contributed by atoms with Crippen LogP contribution in [0.2, 0.25) is 0 Å². The molecule has 1 heterocycles. The van der Waals surface area contributed by atoms with Gasteiger partial charge >= 0.3 is 0 Å². The molecular weight excluding hydrogens is 190 g/mol. The Morgan fingerprint density at radius 1 is 1.27 bits per heavy atom. The third kappa shape index (κ3) is 3.63. The average Bonchev–Trinajstić information content (AvgIpc) is 2.93. The maximum Gasteiger partial charge on any atom is 0.217 e. The molecule has 1 saturated carbocycles. The van der Waals surface area contributed by atoms with Crippen LogP contribution in [0.1, 0.15) is 38.0 Å². The molecule has 4 nitrogen and oxygen atoms in total. The third-order valence-electron chi connectivity index (χ3n) is 2.61. The van der Waals surface area contributed by atoms with Crippen LogP contribution in [0.5, 0.6) is 0 Å². The summed E-state index contributed by atoms with van der Waals surface area (Å²) in [5.74, 6) is 2.41. The van der Waals surface area contributed by atoms with E-state index in [2.05, 4.69) is 22.4 Å². The van der Waals surface area contributed by atoms with Crippen molar-refractivity contribution in [1.29, 1.82) is 0 Å². The summed E-state index contributed by atoms with van der Waals surface area (Å²) in [7, 11) is 0. The van der Waals surface area contributed by atoms with Crippen LogP contribution >= 0.6 is 0 Å². The Morgan fingerprint density at radius 2 is 2.07 bits per heavy atom. The van der Waals surface area contributed by atoms with Gasteiger partial charge in [0.25, 0.3) is 0 Å². The normalized spacial score (nSPS) is 15.8. The second-order valence-corrected chi connectivity index (χ2v) is 4.24. The highest BCUT2D eigenvalue weighted by Gasteiger charge is 2.24.